The number of pyridine rings is 1. The number of aromatic hydroxyl groups is 1. The minimum atomic E-state index is -4.44. The van der Waals surface area contributed by atoms with Crippen LogP contribution in [0.15, 0.2) is 29.1 Å². The first-order valence-corrected chi connectivity index (χ1v) is 10.7. The number of piperidine rings is 1. The smallest absolute Gasteiger partial charge is 0.401 e. The topological polar surface area (TPSA) is 120 Å². The van der Waals surface area contributed by atoms with Crippen LogP contribution < -0.4 is 11.3 Å². The van der Waals surface area contributed by atoms with Gasteiger partial charge in [0.1, 0.15) is 11.3 Å². The standard InChI is InChI=1S/C23H26F3N3O4/c1-12-3-4-15(30)8-17(12)21-5-6-29(11-23(24,25)26)13(2)22(21,33)9-14-7-16(19(27)31)20(32)28-18(14)10-21/h3-4,7-8,13,30,33H,5-6,9-11H2,1-2H3,(H2,27,31)(H,28,32)/t13-,21?,22-/m1/s1. The maximum absolute atomic E-state index is 13.3. The number of aryl methyl sites for hydroxylation is 1. The van der Waals surface area contributed by atoms with E-state index < -0.39 is 41.2 Å². The Kier molecular flexibility index (Phi) is 5.37. The maximum Gasteiger partial charge on any atom is 0.401 e. The predicted octanol–water partition coefficient (Wildman–Crippen LogP) is 1.91. The zero-order valence-corrected chi connectivity index (χ0v) is 18.3. The zero-order chi connectivity index (χ0) is 24.3. The van der Waals surface area contributed by atoms with Gasteiger partial charge < -0.3 is 20.9 Å². The first kappa shape index (κ1) is 23.3. The number of aliphatic hydroxyl groups is 1. The van der Waals surface area contributed by atoms with Gasteiger partial charge in [0.05, 0.1) is 12.1 Å². The van der Waals surface area contributed by atoms with Crippen LogP contribution in [0.1, 0.15) is 46.1 Å². The number of aromatic amines is 1. The fourth-order valence-corrected chi connectivity index (χ4v) is 5.74. The number of likely N-dealkylation sites (tertiary alicyclic amines) is 1. The lowest BCUT2D eigenvalue weighted by Gasteiger charge is -2.60. The third kappa shape index (κ3) is 3.71. The summed E-state index contributed by atoms with van der Waals surface area (Å²) in [5.74, 6) is -0.955. The van der Waals surface area contributed by atoms with Gasteiger partial charge in [-0.2, -0.15) is 13.2 Å². The van der Waals surface area contributed by atoms with Crippen molar-refractivity contribution in [3.8, 4) is 5.75 Å². The molecule has 1 amide bonds. The highest BCUT2D eigenvalue weighted by Gasteiger charge is 2.61. The number of hydrogen-bond donors (Lipinski definition) is 4. The number of rotatable bonds is 3. The molecule has 0 radical (unpaired) electrons. The first-order chi connectivity index (χ1) is 15.3. The van der Waals surface area contributed by atoms with Crippen LogP contribution in [0.4, 0.5) is 13.2 Å². The quantitative estimate of drug-likeness (QED) is 0.552. The van der Waals surface area contributed by atoms with Gasteiger partial charge in [0, 0.05) is 30.0 Å². The Balaban J connectivity index is 1.93. The number of benzene rings is 1. The number of nitrogens with zero attached hydrogens (tertiary/aromatic N) is 1. The van der Waals surface area contributed by atoms with Crippen molar-refractivity contribution in [1.82, 2.24) is 9.88 Å². The summed E-state index contributed by atoms with van der Waals surface area (Å²) in [6, 6.07) is 5.15. The molecule has 1 aromatic heterocycles. The summed E-state index contributed by atoms with van der Waals surface area (Å²) in [6.45, 7) is 2.27. The van der Waals surface area contributed by atoms with Crippen molar-refractivity contribution in [3.05, 3.63) is 62.6 Å². The summed E-state index contributed by atoms with van der Waals surface area (Å²) in [5, 5.41) is 22.4. The SMILES string of the molecule is Cc1ccc(O)cc1C12CCN(CC(F)(F)F)[C@H](C)[C@]1(O)Cc1cc(C(N)=O)c(=O)[nH]c1C2. The van der Waals surface area contributed by atoms with Gasteiger partial charge in [0.2, 0.25) is 0 Å². The van der Waals surface area contributed by atoms with Crippen molar-refractivity contribution in [1.29, 1.82) is 0 Å². The minimum absolute atomic E-state index is 0.0268. The van der Waals surface area contributed by atoms with Gasteiger partial charge in [0.25, 0.3) is 11.5 Å². The average molecular weight is 465 g/mol. The van der Waals surface area contributed by atoms with E-state index in [2.05, 4.69) is 4.98 Å². The summed E-state index contributed by atoms with van der Waals surface area (Å²) in [6.07, 6.45) is -4.23. The van der Waals surface area contributed by atoms with Crippen molar-refractivity contribution in [3.63, 3.8) is 0 Å². The number of primary amides is 1. The number of carbonyl (C=O) groups is 1. The third-order valence-electron chi connectivity index (χ3n) is 7.43. The number of nitrogens with one attached hydrogen (secondary N) is 1. The number of halogens is 3. The summed E-state index contributed by atoms with van der Waals surface area (Å²) in [4.78, 5) is 28.0. The Morgan fingerprint density at radius 3 is 2.64 bits per heavy atom. The number of hydrogen-bond acceptors (Lipinski definition) is 5. The molecule has 1 saturated heterocycles. The van der Waals surface area contributed by atoms with E-state index in [1.54, 1.807) is 13.0 Å². The molecule has 178 valence electrons. The highest BCUT2D eigenvalue weighted by molar-refractivity contribution is 5.92. The predicted molar refractivity (Wildman–Crippen MR) is 114 cm³/mol. The molecule has 0 spiro atoms. The van der Waals surface area contributed by atoms with Crippen LogP contribution in [0.5, 0.6) is 5.75 Å². The van der Waals surface area contributed by atoms with Crippen LogP contribution >= 0.6 is 0 Å². The van der Waals surface area contributed by atoms with E-state index in [1.807, 2.05) is 6.92 Å². The molecule has 1 aliphatic heterocycles. The van der Waals surface area contributed by atoms with Crippen LogP contribution in [-0.2, 0) is 18.3 Å². The van der Waals surface area contributed by atoms with E-state index in [9.17, 15) is 33.0 Å². The number of fused-ring (bicyclic) bond motifs is 2. The molecule has 0 bridgehead atoms. The highest BCUT2D eigenvalue weighted by Crippen LogP contribution is 2.53. The molecule has 2 aromatic rings. The monoisotopic (exact) mass is 465 g/mol. The van der Waals surface area contributed by atoms with Crippen LogP contribution in [-0.4, -0.2) is 56.9 Å². The minimum Gasteiger partial charge on any atom is -0.508 e. The molecule has 1 aromatic carbocycles. The van der Waals surface area contributed by atoms with Gasteiger partial charge in [-0.15, -0.1) is 0 Å². The van der Waals surface area contributed by atoms with Crippen molar-refractivity contribution < 1.29 is 28.2 Å². The van der Waals surface area contributed by atoms with Crippen molar-refractivity contribution in [2.45, 2.75) is 56.3 Å². The van der Waals surface area contributed by atoms with Crippen molar-refractivity contribution in [2.24, 2.45) is 5.73 Å². The van der Waals surface area contributed by atoms with Gasteiger partial charge >= 0.3 is 6.18 Å². The Hall–Kier alpha value is -2.85. The number of alkyl halides is 3. The molecule has 1 unspecified atom stereocenters. The molecule has 2 aliphatic rings. The summed E-state index contributed by atoms with van der Waals surface area (Å²) < 4.78 is 39.8. The molecule has 4 rings (SSSR count). The second kappa shape index (κ2) is 7.59. The normalized spacial score (nSPS) is 27.6. The lowest BCUT2D eigenvalue weighted by atomic mass is 9.53. The number of nitrogens with two attached hydrogens (primary N) is 1. The zero-order valence-electron chi connectivity index (χ0n) is 18.3. The van der Waals surface area contributed by atoms with E-state index in [4.69, 9.17) is 5.73 Å². The van der Waals surface area contributed by atoms with Gasteiger partial charge in [-0.3, -0.25) is 14.5 Å². The second-order valence-electron chi connectivity index (χ2n) is 9.25. The molecule has 1 aliphatic carbocycles. The van der Waals surface area contributed by atoms with E-state index in [-0.39, 0.29) is 37.1 Å². The highest BCUT2D eigenvalue weighted by atomic mass is 19.4. The number of phenolic OH excluding ortho intramolecular Hbond substituents is 1. The van der Waals surface area contributed by atoms with E-state index in [1.165, 1.54) is 23.1 Å². The second-order valence-corrected chi connectivity index (χ2v) is 9.25. The van der Waals surface area contributed by atoms with Gasteiger partial charge in [0.15, 0.2) is 0 Å². The molecule has 5 N–H and O–H groups in total. The number of amides is 1. The Labute approximate surface area is 188 Å². The lowest BCUT2D eigenvalue weighted by molar-refractivity contribution is -0.190. The van der Waals surface area contributed by atoms with Crippen molar-refractivity contribution in [2.75, 3.05) is 13.1 Å². The van der Waals surface area contributed by atoms with E-state index >= 15 is 0 Å². The maximum atomic E-state index is 13.3. The molecular weight excluding hydrogens is 439 g/mol. The number of H-pyrrole nitrogens is 1. The lowest BCUT2D eigenvalue weighted by Crippen LogP contribution is -2.71. The molecule has 3 atom stereocenters. The number of phenols is 1. The fourth-order valence-electron chi connectivity index (χ4n) is 5.74. The Morgan fingerprint density at radius 2 is 2.00 bits per heavy atom. The van der Waals surface area contributed by atoms with E-state index in [0.29, 0.717) is 16.8 Å². The number of aromatic nitrogens is 1. The largest absolute Gasteiger partial charge is 0.508 e. The van der Waals surface area contributed by atoms with E-state index in [0.717, 1.165) is 5.56 Å². The molecule has 2 heterocycles. The van der Waals surface area contributed by atoms with Gasteiger partial charge in [-0.05, 0) is 61.7 Å². The fraction of sp³-hybridized carbons (Fsp3) is 0.478. The summed E-state index contributed by atoms with van der Waals surface area (Å²) in [5.41, 5.74) is 3.96. The molecule has 1 fully saturated rings. The third-order valence-corrected chi connectivity index (χ3v) is 7.43. The van der Waals surface area contributed by atoms with Gasteiger partial charge in [-0.1, -0.05) is 6.07 Å². The van der Waals surface area contributed by atoms with Crippen LogP contribution in [0.3, 0.4) is 0 Å². The first-order valence-electron chi connectivity index (χ1n) is 10.7. The Bertz CT molecular complexity index is 1180. The molecular formula is C23H26F3N3O4. The van der Waals surface area contributed by atoms with Crippen LogP contribution in [0.25, 0.3) is 0 Å². The number of carbonyl (C=O) groups excluding carboxylic acids is 1. The van der Waals surface area contributed by atoms with Crippen LogP contribution in [0.2, 0.25) is 0 Å². The Morgan fingerprint density at radius 1 is 1.30 bits per heavy atom. The molecule has 0 saturated carbocycles. The summed E-state index contributed by atoms with van der Waals surface area (Å²) in [7, 11) is 0. The average Bonchev–Trinajstić information content (AvgIpc) is 2.70. The molecule has 33 heavy (non-hydrogen) atoms. The van der Waals surface area contributed by atoms with Crippen LogP contribution in [0, 0.1) is 6.92 Å². The molecule has 7 nitrogen and oxygen atoms in total. The summed E-state index contributed by atoms with van der Waals surface area (Å²) >= 11 is 0. The van der Waals surface area contributed by atoms with Gasteiger partial charge in [-0.25, -0.2) is 0 Å². The molecule has 10 heteroatoms. The van der Waals surface area contributed by atoms with Crippen molar-refractivity contribution >= 4 is 5.91 Å².